The van der Waals surface area contributed by atoms with E-state index in [-0.39, 0.29) is 0 Å². The first kappa shape index (κ1) is 13.6. The Hall–Kier alpha value is -0.510. The van der Waals surface area contributed by atoms with Crippen molar-refractivity contribution in [1.82, 2.24) is 5.43 Å². The van der Waals surface area contributed by atoms with Gasteiger partial charge in [0.15, 0.2) is 0 Å². The van der Waals surface area contributed by atoms with Crippen LogP contribution >= 0.6 is 11.8 Å². The van der Waals surface area contributed by atoms with Gasteiger partial charge in [-0.15, -0.1) is 0 Å². The second-order valence-electron chi connectivity index (χ2n) is 3.90. The molecule has 0 heterocycles. The van der Waals surface area contributed by atoms with E-state index in [1.807, 2.05) is 11.8 Å². The van der Waals surface area contributed by atoms with E-state index in [4.69, 9.17) is 5.84 Å². The Balaban J connectivity index is 2.49. The number of thioether (sulfide) groups is 1. The molecule has 0 bridgehead atoms. The molecule has 1 aromatic rings. The van der Waals surface area contributed by atoms with Crippen LogP contribution in [0.2, 0.25) is 0 Å². The van der Waals surface area contributed by atoms with E-state index >= 15 is 0 Å². The van der Waals surface area contributed by atoms with Crippen molar-refractivity contribution in [1.29, 1.82) is 0 Å². The molecular weight excluding hydrogens is 216 g/mol. The van der Waals surface area contributed by atoms with Crippen molar-refractivity contribution < 1.29 is 0 Å². The predicted octanol–water partition coefficient (Wildman–Crippen LogP) is 2.38. The molecule has 3 N–H and O–H groups in total. The van der Waals surface area contributed by atoms with Crippen molar-refractivity contribution in [2.24, 2.45) is 5.84 Å². The fourth-order valence-electron chi connectivity index (χ4n) is 1.62. The molecule has 1 aromatic carbocycles. The third kappa shape index (κ3) is 4.56. The van der Waals surface area contributed by atoms with Gasteiger partial charge in [0.05, 0.1) is 0 Å². The Morgan fingerprint density at radius 1 is 1.19 bits per heavy atom. The van der Waals surface area contributed by atoms with Gasteiger partial charge in [0.25, 0.3) is 0 Å². The number of hydrogen-bond acceptors (Lipinski definition) is 3. The summed E-state index contributed by atoms with van der Waals surface area (Å²) in [6, 6.07) is 9.20. The molecule has 90 valence electrons. The summed E-state index contributed by atoms with van der Waals surface area (Å²) in [5.74, 6) is 7.77. The normalized spacial score (nSPS) is 12.7. The van der Waals surface area contributed by atoms with Gasteiger partial charge in [0, 0.05) is 11.8 Å². The maximum atomic E-state index is 5.55. The largest absolute Gasteiger partial charge is 0.271 e. The molecule has 0 saturated carbocycles. The molecule has 0 amide bonds. The van der Waals surface area contributed by atoms with E-state index in [1.165, 1.54) is 11.1 Å². The third-order valence-corrected chi connectivity index (χ3v) is 3.72. The van der Waals surface area contributed by atoms with Gasteiger partial charge in [0.2, 0.25) is 0 Å². The van der Waals surface area contributed by atoms with Crippen LogP contribution in [0.5, 0.6) is 0 Å². The lowest BCUT2D eigenvalue weighted by atomic mass is 10.0. The van der Waals surface area contributed by atoms with Gasteiger partial charge in [0.1, 0.15) is 0 Å². The van der Waals surface area contributed by atoms with Crippen LogP contribution in [0, 0.1) is 0 Å². The van der Waals surface area contributed by atoms with Gasteiger partial charge in [-0.1, -0.05) is 38.1 Å². The molecule has 0 aliphatic carbocycles. The quantitative estimate of drug-likeness (QED) is 0.566. The molecule has 0 fully saturated rings. The average Bonchev–Trinajstić information content (AvgIpc) is 2.35. The molecular formula is C13H22N2S. The molecule has 3 heteroatoms. The maximum Gasteiger partial charge on any atom is 0.0341 e. The summed E-state index contributed by atoms with van der Waals surface area (Å²) in [6.07, 6.45) is 2.11. The fraction of sp³-hybridized carbons (Fsp3) is 0.538. The monoisotopic (exact) mass is 238 g/mol. The maximum absolute atomic E-state index is 5.55. The summed E-state index contributed by atoms with van der Waals surface area (Å²) < 4.78 is 0. The number of benzene rings is 1. The molecule has 0 radical (unpaired) electrons. The van der Waals surface area contributed by atoms with Gasteiger partial charge in [-0.3, -0.25) is 11.3 Å². The highest BCUT2D eigenvalue weighted by Gasteiger charge is 2.07. The van der Waals surface area contributed by atoms with Crippen LogP contribution in [-0.2, 0) is 12.8 Å². The highest BCUT2D eigenvalue weighted by molar-refractivity contribution is 7.99. The lowest BCUT2D eigenvalue weighted by molar-refractivity contribution is 0.575. The van der Waals surface area contributed by atoms with Crippen LogP contribution in [-0.4, -0.2) is 17.5 Å². The van der Waals surface area contributed by atoms with E-state index in [9.17, 15) is 0 Å². The number of rotatable bonds is 7. The van der Waals surface area contributed by atoms with Gasteiger partial charge in [-0.25, -0.2) is 0 Å². The molecule has 16 heavy (non-hydrogen) atoms. The van der Waals surface area contributed by atoms with Crippen molar-refractivity contribution in [3.05, 3.63) is 35.4 Å². The first-order valence-corrected chi connectivity index (χ1v) is 7.07. The SMILES string of the molecule is CCSCC(Cc1ccc(CC)cc1)NN. The third-order valence-electron chi connectivity index (χ3n) is 2.67. The second kappa shape index (κ2) is 7.71. The van der Waals surface area contributed by atoms with E-state index < -0.39 is 0 Å². The summed E-state index contributed by atoms with van der Waals surface area (Å²) in [5, 5.41) is 0. The van der Waals surface area contributed by atoms with Crippen LogP contribution in [0.15, 0.2) is 24.3 Å². The molecule has 1 unspecified atom stereocenters. The highest BCUT2D eigenvalue weighted by atomic mass is 32.2. The molecule has 0 spiro atoms. The van der Waals surface area contributed by atoms with Crippen molar-refractivity contribution in [2.45, 2.75) is 32.7 Å². The van der Waals surface area contributed by atoms with Gasteiger partial charge < -0.3 is 0 Å². The minimum Gasteiger partial charge on any atom is -0.271 e. The topological polar surface area (TPSA) is 38.0 Å². The number of hydrogen-bond donors (Lipinski definition) is 2. The zero-order chi connectivity index (χ0) is 11.8. The molecule has 0 aromatic heterocycles. The van der Waals surface area contributed by atoms with Gasteiger partial charge >= 0.3 is 0 Å². The van der Waals surface area contributed by atoms with Crippen molar-refractivity contribution >= 4 is 11.8 Å². The number of hydrazine groups is 1. The first-order valence-electron chi connectivity index (χ1n) is 5.91. The van der Waals surface area contributed by atoms with Crippen molar-refractivity contribution in [3.8, 4) is 0 Å². The summed E-state index contributed by atoms with van der Waals surface area (Å²) >= 11 is 1.93. The van der Waals surface area contributed by atoms with Crippen LogP contribution in [0.4, 0.5) is 0 Å². The van der Waals surface area contributed by atoms with Gasteiger partial charge in [-0.2, -0.15) is 11.8 Å². The first-order chi connectivity index (χ1) is 7.80. The Kier molecular flexibility index (Phi) is 6.53. The second-order valence-corrected chi connectivity index (χ2v) is 5.22. The minimum atomic E-state index is 0.373. The molecule has 0 aliphatic rings. The van der Waals surface area contributed by atoms with E-state index in [0.29, 0.717) is 6.04 Å². The number of nitrogens with one attached hydrogen (secondary N) is 1. The summed E-state index contributed by atoms with van der Waals surface area (Å²) in [4.78, 5) is 0. The Morgan fingerprint density at radius 2 is 1.81 bits per heavy atom. The Labute approximate surface area is 103 Å². The van der Waals surface area contributed by atoms with E-state index in [2.05, 4.69) is 43.5 Å². The molecule has 1 rings (SSSR count). The molecule has 0 aliphatic heterocycles. The zero-order valence-electron chi connectivity index (χ0n) is 10.2. The Morgan fingerprint density at radius 3 is 2.31 bits per heavy atom. The van der Waals surface area contributed by atoms with Crippen molar-refractivity contribution in [2.75, 3.05) is 11.5 Å². The summed E-state index contributed by atoms with van der Waals surface area (Å²) in [7, 11) is 0. The number of nitrogens with two attached hydrogens (primary N) is 1. The zero-order valence-corrected chi connectivity index (χ0v) is 11.0. The molecule has 0 saturated heterocycles. The Bertz CT molecular complexity index is 284. The van der Waals surface area contributed by atoms with Crippen LogP contribution in [0.3, 0.4) is 0 Å². The molecule has 2 nitrogen and oxygen atoms in total. The standard InChI is InChI=1S/C13H22N2S/c1-3-11-5-7-12(8-6-11)9-13(15-14)10-16-4-2/h5-8,13,15H,3-4,9-10,14H2,1-2H3. The van der Waals surface area contributed by atoms with Crippen LogP contribution in [0.25, 0.3) is 0 Å². The lowest BCUT2D eigenvalue weighted by Gasteiger charge is -2.15. The van der Waals surface area contributed by atoms with Crippen LogP contribution in [0.1, 0.15) is 25.0 Å². The predicted molar refractivity (Wildman–Crippen MR) is 73.6 cm³/mol. The van der Waals surface area contributed by atoms with E-state index in [1.54, 1.807) is 0 Å². The van der Waals surface area contributed by atoms with Gasteiger partial charge in [-0.05, 0) is 29.7 Å². The van der Waals surface area contributed by atoms with Crippen molar-refractivity contribution in [3.63, 3.8) is 0 Å². The lowest BCUT2D eigenvalue weighted by Crippen LogP contribution is -2.38. The summed E-state index contributed by atoms with van der Waals surface area (Å²) in [6.45, 7) is 4.35. The minimum absolute atomic E-state index is 0.373. The van der Waals surface area contributed by atoms with E-state index in [0.717, 1.165) is 24.3 Å². The average molecular weight is 238 g/mol. The number of aryl methyl sites for hydroxylation is 1. The fourth-order valence-corrected chi connectivity index (χ4v) is 2.36. The highest BCUT2D eigenvalue weighted by Crippen LogP contribution is 2.10. The molecule has 1 atom stereocenters. The summed E-state index contributed by atoms with van der Waals surface area (Å²) in [5.41, 5.74) is 5.64. The smallest absolute Gasteiger partial charge is 0.0341 e. The van der Waals surface area contributed by atoms with Crippen LogP contribution < -0.4 is 11.3 Å².